The van der Waals surface area contributed by atoms with Gasteiger partial charge in [0.15, 0.2) is 0 Å². The molecule has 0 aliphatic carbocycles. The van der Waals surface area contributed by atoms with Crippen molar-refractivity contribution < 1.29 is 4.42 Å². The first kappa shape index (κ1) is 10.4. The lowest BCUT2D eigenvalue weighted by molar-refractivity contribution is 0.569. The Labute approximate surface area is 102 Å². The summed E-state index contributed by atoms with van der Waals surface area (Å²) in [7, 11) is 0. The van der Waals surface area contributed by atoms with Crippen LogP contribution in [0.2, 0.25) is 5.02 Å². The van der Waals surface area contributed by atoms with Gasteiger partial charge in [-0.25, -0.2) is 4.79 Å². The Morgan fingerprint density at radius 2 is 1.76 bits per heavy atom. The summed E-state index contributed by atoms with van der Waals surface area (Å²) < 4.78 is 5.30. The predicted octanol–water partition coefficient (Wildman–Crippen LogP) is 3.91. The van der Waals surface area contributed by atoms with Crippen molar-refractivity contribution in [1.29, 1.82) is 0 Å². The largest absolute Gasteiger partial charge is 0.422 e. The molecule has 0 aliphatic heterocycles. The van der Waals surface area contributed by atoms with Crippen LogP contribution < -0.4 is 5.63 Å². The van der Waals surface area contributed by atoms with Crippen LogP contribution in [0.25, 0.3) is 21.7 Å². The minimum atomic E-state index is -0.310. The molecule has 84 valence electrons. The Morgan fingerprint density at radius 1 is 1.06 bits per heavy atom. The zero-order chi connectivity index (χ0) is 12.0. The number of hydrogen-bond acceptors (Lipinski definition) is 2. The van der Waals surface area contributed by atoms with Gasteiger partial charge >= 0.3 is 5.63 Å². The van der Waals surface area contributed by atoms with Crippen LogP contribution in [0, 0.1) is 6.92 Å². The fraction of sp³-hybridized carbons (Fsp3) is 0.0714. The standard InChI is InChI=1S/C14H9ClO2/c1-8-6-13-11(7-12(8)15)9-4-2-3-5-10(9)14(16)17-13/h2-7H,1H3. The van der Waals surface area contributed by atoms with Crippen molar-refractivity contribution in [2.24, 2.45) is 0 Å². The van der Waals surface area contributed by atoms with Crippen LogP contribution in [0.1, 0.15) is 5.56 Å². The molecule has 3 aromatic rings. The van der Waals surface area contributed by atoms with E-state index in [-0.39, 0.29) is 5.63 Å². The number of halogens is 1. The molecule has 0 unspecified atom stereocenters. The molecule has 0 saturated heterocycles. The third-order valence-electron chi connectivity index (χ3n) is 2.90. The monoisotopic (exact) mass is 244 g/mol. The van der Waals surface area contributed by atoms with Crippen LogP contribution in [-0.4, -0.2) is 0 Å². The SMILES string of the molecule is Cc1cc2oc(=O)c3ccccc3c2cc1Cl. The summed E-state index contributed by atoms with van der Waals surface area (Å²) in [5, 5.41) is 3.01. The van der Waals surface area contributed by atoms with Crippen molar-refractivity contribution in [1.82, 2.24) is 0 Å². The van der Waals surface area contributed by atoms with Crippen molar-refractivity contribution in [3.63, 3.8) is 0 Å². The Hall–Kier alpha value is -1.80. The summed E-state index contributed by atoms with van der Waals surface area (Å²) in [6.07, 6.45) is 0. The van der Waals surface area contributed by atoms with E-state index < -0.39 is 0 Å². The van der Waals surface area contributed by atoms with E-state index in [2.05, 4.69) is 0 Å². The molecule has 2 aromatic carbocycles. The van der Waals surface area contributed by atoms with Crippen molar-refractivity contribution in [3.8, 4) is 0 Å². The molecule has 0 radical (unpaired) electrons. The maximum atomic E-state index is 11.8. The van der Waals surface area contributed by atoms with Gasteiger partial charge in [0.05, 0.1) is 5.39 Å². The zero-order valence-electron chi connectivity index (χ0n) is 9.16. The van der Waals surface area contributed by atoms with Gasteiger partial charge in [0, 0.05) is 10.4 Å². The second-order valence-corrected chi connectivity index (χ2v) is 4.44. The van der Waals surface area contributed by atoms with E-state index in [1.807, 2.05) is 31.2 Å². The Morgan fingerprint density at radius 3 is 2.53 bits per heavy atom. The number of benzene rings is 2. The highest BCUT2D eigenvalue weighted by molar-refractivity contribution is 6.32. The number of aryl methyl sites for hydroxylation is 1. The molecule has 0 spiro atoms. The van der Waals surface area contributed by atoms with Gasteiger partial charge in [0.2, 0.25) is 0 Å². The molecule has 0 aliphatic rings. The highest BCUT2D eigenvalue weighted by atomic mass is 35.5. The maximum absolute atomic E-state index is 11.8. The minimum Gasteiger partial charge on any atom is -0.422 e. The minimum absolute atomic E-state index is 0.310. The van der Waals surface area contributed by atoms with Crippen LogP contribution >= 0.6 is 11.6 Å². The molecule has 0 atom stereocenters. The lowest BCUT2D eigenvalue weighted by Gasteiger charge is -2.04. The first-order valence-electron chi connectivity index (χ1n) is 5.28. The molecule has 1 aromatic heterocycles. The molecular formula is C14H9ClO2. The van der Waals surface area contributed by atoms with Crippen LogP contribution in [0.15, 0.2) is 45.6 Å². The van der Waals surface area contributed by atoms with E-state index in [4.69, 9.17) is 16.0 Å². The van der Waals surface area contributed by atoms with E-state index in [1.165, 1.54) is 0 Å². The predicted molar refractivity (Wildman–Crippen MR) is 69.7 cm³/mol. The van der Waals surface area contributed by atoms with Gasteiger partial charge in [-0.3, -0.25) is 0 Å². The normalized spacial score (nSPS) is 11.2. The molecule has 2 nitrogen and oxygen atoms in total. The van der Waals surface area contributed by atoms with Crippen molar-refractivity contribution in [3.05, 3.63) is 57.4 Å². The van der Waals surface area contributed by atoms with E-state index in [1.54, 1.807) is 12.1 Å². The summed E-state index contributed by atoms with van der Waals surface area (Å²) >= 11 is 6.11. The third kappa shape index (κ3) is 1.53. The Kier molecular flexibility index (Phi) is 2.20. The van der Waals surface area contributed by atoms with Gasteiger partial charge in [-0.1, -0.05) is 29.8 Å². The average Bonchev–Trinajstić information content (AvgIpc) is 2.32. The molecule has 0 bridgehead atoms. The lowest BCUT2D eigenvalue weighted by Crippen LogP contribution is -1.99. The molecule has 0 saturated carbocycles. The zero-order valence-corrected chi connectivity index (χ0v) is 9.91. The van der Waals surface area contributed by atoms with Gasteiger partial charge in [-0.15, -0.1) is 0 Å². The van der Waals surface area contributed by atoms with E-state index in [0.29, 0.717) is 16.0 Å². The summed E-state index contributed by atoms with van der Waals surface area (Å²) in [6, 6.07) is 11.0. The van der Waals surface area contributed by atoms with Gasteiger partial charge < -0.3 is 4.42 Å². The first-order chi connectivity index (χ1) is 8.16. The van der Waals surface area contributed by atoms with E-state index in [0.717, 1.165) is 16.3 Å². The number of hydrogen-bond donors (Lipinski definition) is 0. The molecule has 0 amide bonds. The second kappa shape index (κ2) is 3.60. The summed E-state index contributed by atoms with van der Waals surface area (Å²) in [5.41, 5.74) is 1.17. The highest BCUT2D eigenvalue weighted by Crippen LogP contribution is 2.27. The van der Waals surface area contributed by atoms with E-state index >= 15 is 0 Å². The second-order valence-electron chi connectivity index (χ2n) is 4.03. The fourth-order valence-corrected chi connectivity index (χ4v) is 2.16. The van der Waals surface area contributed by atoms with Gasteiger partial charge in [-0.05, 0) is 36.1 Å². The van der Waals surface area contributed by atoms with Crippen LogP contribution in [0.4, 0.5) is 0 Å². The Bertz CT molecular complexity index is 787. The van der Waals surface area contributed by atoms with Gasteiger partial charge in [-0.2, -0.15) is 0 Å². The van der Waals surface area contributed by atoms with Crippen molar-refractivity contribution in [2.45, 2.75) is 6.92 Å². The van der Waals surface area contributed by atoms with Crippen LogP contribution in [0.3, 0.4) is 0 Å². The fourth-order valence-electron chi connectivity index (χ4n) is 2.00. The average molecular weight is 245 g/mol. The lowest BCUT2D eigenvalue weighted by atomic mass is 10.1. The maximum Gasteiger partial charge on any atom is 0.344 e. The van der Waals surface area contributed by atoms with Crippen molar-refractivity contribution in [2.75, 3.05) is 0 Å². The summed E-state index contributed by atoms with van der Waals surface area (Å²) in [6.45, 7) is 1.89. The highest BCUT2D eigenvalue weighted by Gasteiger charge is 2.08. The van der Waals surface area contributed by atoms with Gasteiger partial charge in [0.25, 0.3) is 0 Å². The van der Waals surface area contributed by atoms with Crippen LogP contribution in [0.5, 0.6) is 0 Å². The van der Waals surface area contributed by atoms with Crippen LogP contribution in [-0.2, 0) is 0 Å². The van der Waals surface area contributed by atoms with Gasteiger partial charge in [0.1, 0.15) is 5.58 Å². The molecular weight excluding hydrogens is 236 g/mol. The molecule has 3 rings (SSSR count). The summed E-state index contributed by atoms with van der Waals surface area (Å²) in [5.74, 6) is 0. The molecule has 17 heavy (non-hydrogen) atoms. The first-order valence-corrected chi connectivity index (χ1v) is 5.66. The molecule has 1 heterocycles. The van der Waals surface area contributed by atoms with Crippen molar-refractivity contribution >= 4 is 33.3 Å². The molecule has 3 heteroatoms. The smallest absolute Gasteiger partial charge is 0.344 e. The van der Waals surface area contributed by atoms with E-state index in [9.17, 15) is 4.79 Å². The molecule has 0 N–H and O–H groups in total. The molecule has 0 fully saturated rings. The quantitative estimate of drug-likeness (QED) is 0.443. The summed E-state index contributed by atoms with van der Waals surface area (Å²) in [4.78, 5) is 11.8. The number of fused-ring (bicyclic) bond motifs is 3. The topological polar surface area (TPSA) is 30.2 Å². The Balaban J connectivity index is 2.64. The number of rotatable bonds is 0. The third-order valence-corrected chi connectivity index (χ3v) is 3.31.